The molecule has 1 N–H and O–H groups in total. The number of rotatable bonds is 7. The molecule has 0 bridgehead atoms. The summed E-state index contributed by atoms with van der Waals surface area (Å²) in [5.41, 5.74) is 2.15. The van der Waals surface area contributed by atoms with Crippen molar-refractivity contribution in [3.63, 3.8) is 0 Å². The SMILES string of the molecule is CCCNCc1cncc(N(C)Cc2ccc(Cl)cc2)n1. The number of anilines is 1. The summed E-state index contributed by atoms with van der Waals surface area (Å²) in [5.74, 6) is 0.876. The molecule has 0 amide bonds. The predicted molar refractivity (Wildman–Crippen MR) is 87.6 cm³/mol. The fourth-order valence-corrected chi connectivity index (χ4v) is 2.13. The van der Waals surface area contributed by atoms with Crippen molar-refractivity contribution in [1.82, 2.24) is 15.3 Å². The molecule has 0 atom stereocenters. The van der Waals surface area contributed by atoms with Gasteiger partial charge in [-0.25, -0.2) is 4.98 Å². The van der Waals surface area contributed by atoms with E-state index in [2.05, 4.69) is 27.1 Å². The van der Waals surface area contributed by atoms with Crippen LogP contribution in [0.4, 0.5) is 5.82 Å². The van der Waals surface area contributed by atoms with Crippen molar-refractivity contribution in [1.29, 1.82) is 0 Å². The van der Waals surface area contributed by atoms with Crippen LogP contribution in [0.15, 0.2) is 36.7 Å². The molecular formula is C16H21ClN4. The van der Waals surface area contributed by atoms with E-state index in [1.54, 1.807) is 6.20 Å². The zero-order valence-electron chi connectivity index (χ0n) is 12.5. The van der Waals surface area contributed by atoms with Gasteiger partial charge in [0.05, 0.1) is 11.9 Å². The van der Waals surface area contributed by atoms with E-state index in [1.165, 1.54) is 5.56 Å². The summed E-state index contributed by atoms with van der Waals surface area (Å²) in [4.78, 5) is 11.0. The standard InChI is InChI=1S/C16H21ClN4/c1-3-8-18-9-15-10-19-11-16(20-15)21(2)12-13-4-6-14(17)7-5-13/h4-7,10-11,18H,3,8-9,12H2,1-2H3. The number of hydrogen-bond acceptors (Lipinski definition) is 4. The molecule has 5 heteroatoms. The van der Waals surface area contributed by atoms with Gasteiger partial charge in [-0.3, -0.25) is 4.98 Å². The van der Waals surface area contributed by atoms with Gasteiger partial charge in [0.1, 0.15) is 5.82 Å². The quantitative estimate of drug-likeness (QED) is 0.797. The third-order valence-corrected chi connectivity index (χ3v) is 3.38. The van der Waals surface area contributed by atoms with Gasteiger partial charge in [-0.05, 0) is 30.7 Å². The minimum Gasteiger partial charge on any atom is -0.354 e. The predicted octanol–water partition coefficient (Wildman–Crippen LogP) is 3.27. The minimum absolute atomic E-state index is 0.753. The Morgan fingerprint density at radius 3 is 2.67 bits per heavy atom. The molecule has 2 aromatic rings. The zero-order chi connectivity index (χ0) is 15.1. The molecule has 1 heterocycles. The summed E-state index contributed by atoms with van der Waals surface area (Å²) in [6, 6.07) is 7.86. The maximum Gasteiger partial charge on any atom is 0.147 e. The van der Waals surface area contributed by atoms with E-state index >= 15 is 0 Å². The summed E-state index contributed by atoms with van der Waals surface area (Å²) in [5, 5.41) is 4.09. The first kappa shape index (κ1) is 15.7. The molecule has 0 aliphatic carbocycles. The zero-order valence-corrected chi connectivity index (χ0v) is 13.3. The highest BCUT2D eigenvalue weighted by Gasteiger charge is 2.05. The van der Waals surface area contributed by atoms with Crippen LogP contribution < -0.4 is 10.2 Å². The molecule has 0 unspecified atom stereocenters. The molecule has 0 spiro atoms. The summed E-state index contributed by atoms with van der Waals surface area (Å²) < 4.78 is 0. The minimum atomic E-state index is 0.753. The Bertz CT molecular complexity index is 556. The van der Waals surface area contributed by atoms with Gasteiger partial charge in [-0.2, -0.15) is 0 Å². The molecule has 1 aromatic carbocycles. The van der Waals surface area contributed by atoms with E-state index in [0.29, 0.717) is 0 Å². The molecule has 0 radical (unpaired) electrons. The Morgan fingerprint density at radius 2 is 1.95 bits per heavy atom. The number of nitrogens with zero attached hydrogens (tertiary/aromatic N) is 3. The molecule has 21 heavy (non-hydrogen) atoms. The second-order valence-electron chi connectivity index (χ2n) is 5.03. The van der Waals surface area contributed by atoms with Crippen LogP contribution in [0.25, 0.3) is 0 Å². The molecule has 1 aromatic heterocycles. The highest BCUT2D eigenvalue weighted by atomic mass is 35.5. The Kier molecular flexibility index (Phi) is 5.96. The molecule has 0 aliphatic heterocycles. The molecule has 0 saturated heterocycles. The fraction of sp³-hybridized carbons (Fsp3) is 0.375. The first-order valence-electron chi connectivity index (χ1n) is 7.16. The van der Waals surface area contributed by atoms with Gasteiger partial charge in [-0.1, -0.05) is 30.7 Å². The lowest BCUT2D eigenvalue weighted by atomic mass is 10.2. The summed E-state index contributed by atoms with van der Waals surface area (Å²) >= 11 is 5.90. The Labute approximate surface area is 131 Å². The van der Waals surface area contributed by atoms with Crippen LogP contribution in [0.5, 0.6) is 0 Å². The van der Waals surface area contributed by atoms with Gasteiger partial charge in [0.15, 0.2) is 0 Å². The van der Waals surface area contributed by atoms with Gasteiger partial charge >= 0.3 is 0 Å². The van der Waals surface area contributed by atoms with E-state index in [1.807, 2.05) is 37.5 Å². The van der Waals surface area contributed by atoms with Crippen molar-refractivity contribution in [3.8, 4) is 0 Å². The monoisotopic (exact) mass is 304 g/mol. The van der Waals surface area contributed by atoms with E-state index < -0.39 is 0 Å². The van der Waals surface area contributed by atoms with Crippen LogP contribution in [-0.4, -0.2) is 23.6 Å². The first-order chi connectivity index (χ1) is 10.2. The second kappa shape index (κ2) is 7.96. The van der Waals surface area contributed by atoms with Crippen LogP contribution in [0.2, 0.25) is 5.02 Å². The van der Waals surface area contributed by atoms with Crippen molar-refractivity contribution < 1.29 is 0 Å². The first-order valence-corrected chi connectivity index (χ1v) is 7.54. The second-order valence-corrected chi connectivity index (χ2v) is 5.46. The number of aromatic nitrogens is 2. The molecule has 112 valence electrons. The van der Waals surface area contributed by atoms with E-state index in [0.717, 1.165) is 42.6 Å². The molecular weight excluding hydrogens is 284 g/mol. The average molecular weight is 305 g/mol. The van der Waals surface area contributed by atoms with Crippen LogP contribution >= 0.6 is 11.6 Å². The molecule has 4 nitrogen and oxygen atoms in total. The molecule has 0 aliphatic rings. The number of hydrogen-bond donors (Lipinski definition) is 1. The highest BCUT2D eigenvalue weighted by Crippen LogP contribution is 2.14. The molecule has 0 saturated carbocycles. The van der Waals surface area contributed by atoms with E-state index in [9.17, 15) is 0 Å². The third kappa shape index (κ3) is 4.99. The van der Waals surface area contributed by atoms with Gasteiger partial charge in [-0.15, -0.1) is 0 Å². The molecule has 0 fully saturated rings. The van der Waals surface area contributed by atoms with Crippen molar-refractivity contribution >= 4 is 17.4 Å². The lowest BCUT2D eigenvalue weighted by molar-refractivity contribution is 0.661. The van der Waals surface area contributed by atoms with Crippen molar-refractivity contribution in [2.24, 2.45) is 0 Å². The lowest BCUT2D eigenvalue weighted by Gasteiger charge is -2.18. The smallest absolute Gasteiger partial charge is 0.147 e. The third-order valence-electron chi connectivity index (χ3n) is 3.13. The lowest BCUT2D eigenvalue weighted by Crippen LogP contribution is -2.20. The normalized spacial score (nSPS) is 10.6. The van der Waals surface area contributed by atoms with Crippen molar-refractivity contribution in [2.75, 3.05) is 18.5 Å². The summed E-state index contributed by atoms with van der Waals surface area (Å²) in [6.45, 7) is 4.67. The maximum atomic E-state index is 5.90. The van der Waals surface area contributed by atoms with Gasteiger partial charge < -0.3 is 10.2 Å². The van der Waals surface area contributed by atoms with Crippen molar-refractivity contribution in [2.45, 2.75) is 26.4 Å². The summed E-state index contributed by atoms with van der Waals surface area (Å²) in [6.07, 6.45) is 4.71. The van der Waals surface area contributed by atoms with Crippen LogP contribution in [0.3, 0.4) is 0 Å². The highest BCUT2D eigenvalue weighted by molar-refractivity contribution is 6.30. The fourth-order valence-electron chi connectivity index (χ4n) is 2.00. The number of halogens is 1. The van der Waals surface area contributed by atoms with Crippen molar-refractivity contribution in [3.05, 3.63) is 52.9 Å². The van der Waals surface area contributed by atoms with E-state index in [4.69, 9.17) is 11.6 Å². The van der Waals surface area contributed by atoms with Gasteiger partial charge in [0.25, 0.3) is 0 Å². The van der Waals surface area contributed by atoms with E-state index in [-0.39, 0.29) is 0 Å². The Morgan fingerprint density at radius 1 is 1.19 bits per heavy atom. The van der Waals surface area contributed by atoms with Crippen LogP contribution in [-0.2, 0) is 13.1 Å². The topological polar surface area (TPSA) is 41.1 Å². The van der Waals surface area contributed by atoms with Crippen LogP contribution in [0, 0.1) is 0 Å². The molecule has 2 rings (SSSR count). The largest absolute Gasteiger partial charge is 0.354 e. The average Bonchev–Trinajstić information content (AvgIpc) is 2.50. The summed E-state index contributed by atoms with van der Waals surface area (Å²) in [7, 11) is 2.02. The van der Waals surface area contributed by atoms with Gasteiger partial charge in [0, 0.05) is 31.4 Å². The Hall–Kier alpha value is -1.65. The van der Waals surface area contributed by atoms with Gasteiger partial charge in [0.2, 0.25) is 0 Å². The Balaban J connectivity index is 1.99. The maximum absolute atomic E-state index is 5.90. The van der Waals surface area contributed by atoms with Crippen LogP contribution in [0.1, 0.15) is 24.6 Å². The number of benzene rings is 1. The number of nitrogens with one attached hydrogen (secondary N) is 1.